The van der Waals surface area contributed by atoms with Crippen LogP contribution >= 0.6 is 0 Å². The second-order valence-electron chi connectivity index (χ2n) is 9.60. The number of unbranched alkanes of at least 4 members (excludes halogenated alkanes) is 2. The molecule has 4 rings (SSSR count). The predicted molar refractivity (Wildman–Crippen MR) is 122 cm³/mol. The average molecular weight is 423 g/mol. The van der Waals surface area contributed by atoms with Gasteiger partial charge in [0.25, 0.3) is 0 Å². The summed E-state index contributed by atoms with van der Waals surface area (Å²) in [5.41, 5.74) is -0.700. The van der Waals surface area contributed by atoms with E-state index in [1.165, 1.54) is 38.6 Å². The number of quaternary nitrogens is 1. The van der Waals surface area contributed by atoms with Crippen molar-refractivity contribution in [3.05, 3.63) is 71.8 Å². The van der Waals surface area contributed by atoms with E-state index in [9.17, 15) is 9.90 Å². The van der Waals surface area contributed by atoms with Crippen LogP contribution in [0.25, 0.3) is 0 Å². The maximum atomic E-state index is 13.5. The first kappa shape index (κ1) is 22.0. The van der Waals surface area contributed by atoms with Crippen molar-refractivity contribution in [1.82, 2.24) is 0 Å². The van der Waals surface area contributed by atoms with Gasteiger partial charge in [-0.05, 0) is 24.0 Å². The Balaban J connectivity index is 1.52. The number of aliphatic hydroxyl groups is 1. The Bertz CT molecular complexity index is 813. The molecule has 0 amide bonds. The molecule has 0 saturated carbocycles. The van der Waals surface area contributed by atoms with Gasteiger partial charge in [-0.25, -0.2) is 4.79 Å². The zero-order chi connectivity index (χ0) is 21.9. The summed E-state index contributed by atoms with van der Waals surface area (Å²) in [7, 11) is 2.40. The van der Waals surface area contributed by atoms with Crippen molar-refractivity contribution in [3.8, 4) is 0 Å². The van der Waals surface area contributed by atoms with Crippen LogP contribution in [0.3, 0.4) is 0 Å². The molecule has 2 unspecified atom stereocenters. The highest BCUT2D eigenvalue weighted by molar-refractivity contribution is 5.85. The molecule has 2 aliphatic rings. The Hall–Kier alpha value is -2.17. The maximum Gasteiger partial charge on any atom is 0.347 e. The Kier molecular flexibility index (Phi) is 6.49. The number of nitrogens with zero attached hydrogens (tertiary/aromatic N) is 1. The summed E-state index contributed by atoms with van der Waals surface area (Å²) in [6, 6.07) is 19.4. The fraction of sp³-hybridized carbons (Fsp3) is 0.519. The SMILES string of the molecule is CCCCC[N+]1(C)C2CCC1CC(OC(=O)C(O)(c1ccccc1)c1ccccc1)C2. The molecular weight excluding hydrogens is 386 g/mol. The normalized spacial score (nSPS) is 27.8. The third kappa shape index (κ3) is 4.16. The Morgan fingerprint density at radius 1 is 0.968 bits per heavy atom. The van der Waals surface area contributed by atoms with E-state index < -0.39 is 11.6 Å². The molecule has 4 heteroatoms. The lowest BCUT2D eigenvalue weighted by Crippen LogP contribution is -2.59. The average Bonchev–Trinajstić information content (AvgIpc) is 2.96. The van der Waals surface area contributed by atoms with Crippen molar-refractivity contribution in [2.24, 2.45) is 0 Å². The molecule has 2 aromatic rings. The van der Waals surface area contributed by atoms with Crippen LogP contribution in [0.5, 0.6) is 0 Å². The number of carbonyl (C=O) groups is 1. The molecule has 1 N–H and O–H groups in total. The lowest BCUT2D eigenvalue weighted by molar-refractivity contribution is -0.949. The molecule has 31 heavy (non-hydrogen) atoms. The highest BCUT2D eigenvalue weighted by atomic mass is 16.6. The van der Waals surface area contributed by atoms with Gasteiger partial charge >= 0.3 is 5.97 Å². The summed E-state index contributed by atoms with van der Waals surface area (Å²) in [6.45, 7) is 3.47. The van der Waals surface area contributed by atoms with Gasteiger partial charge in [0.05, 0.1) is 25.7 Å². The highest BCUT2D eigenvalue weighted by Gasteiger charge is 2.53. The molecule has 2 fully saturated rings. The Morgan fingerprint density at radius 3 is 1.97 bits per heavy atom. The first-order valence-corrected chi connectivity index (χ1v) is 11.9. The van der Waals surface area contributed by atoms with Gasteiger partial charge in [0, 0.05) is 25.7 Å². The van der Waals surface area contributed by atoms with Crippen molar-refractivity contribution in [2.75, 3.05) is 13.6 Å². The minimum Gasteiger partial charge on any atom is -0.459 e. The molecular formula is C27H36NO3+. The number of ether oxygens (including phenoxy) is 1. The zero-order valence-electron chi connectivity index (χ0n) is 18.9. The van der Waals surface area contributed by atoms with E-state index in [0.29, 0.717) is 23.2 Å². The van der Waals surface area contributed by atoms with Crippen molar-refractivity contribution in [2.45, 2.75) is 75.7 Å². The van der Waals surface area contributed by atoms with Crippen LogP contribution in [-0.2, 0) is 15.1 Å². The number of rotatable bonds is 8. The molecule has 2 aliphatic heterocycles. The number of fused-ring (bicyclic) bond motifs is 2. The van der Waals surface area contributed by atoms with Gasteiger partial charge in [-0.2, -0.15) is 0 Å². The van der Waals surface area contributed by atoms with Crippen LogP contribution in [0.1, 0.15) is 63.0 Å². The maximum absolute atomic E-state index is 13.5. The van der Waals surface area contributed by atoms with Crippen molar-refractivity contribution >= 4 is 5.97 Å². The lowest BCUT2D eigenvalue weighted by atomic mass is 9.86. The fourth-order valence-corrected chi connectivity index (χ4v) is 5.85. The van der Waals surface area contributed by atoms with Crippen LogP contribution in [0, 0.1) is 0 Å². The minimum absolute atomic E-state index is 0.124. The number of carbonyl (C=O) groups excluding carboxylic acids is 1. The number of piperidine rings is 1. The van der Waals surface area contributed by atoms with E-state index in [1.807, 2.05) is 36.4 Å². The first-order chi connectivity index (χ1) is 15.0. The van der Waals surface area contributed by atoms with Crippen LogP contribution in [0.2, 0.25) is 0 Å². The molecule has 2 atom stereocenters. The largest absolute Gasteiger partial charge is 0.459 e. The number of benzene rings is 2. The molecule has 166 valence electrons. The van der Waals surface area contributed by atoms with E-state index >= 15 is 0 Å². The second kappa shape index (κ2) is 9.13. The van der Waals surface area contributed by atoms with Crippen molar-refractivity contribution in [1.29, 1.82) is 0 Å². The van der Waals surface area contributed by atoms with Gasteiger partial charge < -0.3 is 14.3 Å². The summed E-state index contributed by atoms with van der Waals surface area (Å²) < 4.78 is 7.20. The molecule has 2 heterocycles. The molecule has 0 spiro atoms. The molecule has 0 radical (unpaired) electrons. The van der Waals surface area contributed by atoms with Crippen molar-refractivity contribution in [3.63, 3.8) is 0 Å². The highest BCUT2D eigenvalue weighted by Crippen LogP contribution is 2.43. The smallest absolute Gasteiger partial charge is 0.347 e. The summed E-state index contributed by atoms with van der Waals surface area (Å²) in [6.07, 6.45) is 7.88. The topological polar surface area (TPSA) is 46.5 Å². The summed E-state index contributed by atoms with van der Waals surface area (Å²) in [4.78, 5) is 13.5. The van der Waals surface area contributed by atoms with Gasteiger partial charge in [-0.1, -0.05) is 74.0 Å². The minimum atomic E-state index is -1.79. The molecule has 2 bridgehead atoms. The summed E-state index contributed by atoms with van der Waals surface area (Å²) >= 11 is 0. The Morgan fingerprint density at radius 2 is 1.48 bits per heavy atom. The molecule has 2 saturated heterocycles. The van der Waals surface area contributed by atoms with Gasteiger partial charge in [-0.3, -0.25) is 0 Å². The second-order valence-corrected chi connectivity index (χ2v) is 9.60. The first-order valence-electron chi connectivity index (χ1n) is 11.9. The summed E-state index contributed by atoms with van der Waals surface area (Å²) in [5.74, 6) is -0.559. The van der Waals surface area contributed by atoms with Gasteiger partial charge in [0.1, 0.15) is 6.10 Å². The van der Waals surface area contributed by atoms with E-state index in [-0.39, 0.29) is 6.10 Å². The zero-order valence-corrected chi connectivity index (χ0v) is 18.9. The third-order valence-electron chi connectivity index (χ3n) is 7.77. The third-order valence-corrected chi connectivity index (χ3v) is 7.77. The molecule has 0 aromatic heterocycles. The fourth-order valence-electron chi connectivity index (χ4n) is 5.85. The van der Waals surface area contributed by atoms with E-state index in [2.05, 4.69) is 14.0 Å². The Labute approximate surface area is 186 Å². The van der Waals surface area contributed by atoms with Crippen LogP contribution in [0.15, 0.2) is 60.7 Å². The predicted octanol–water partition coefficient (Wildman–Crippen LogP) is 4.80. The van der Waals surface area contributed by atoms with Crippen molar-refractivity contribution < 1.29 is 19.1 Å². The monoisotopic (exact) mass is 422 g/mol. The van der Waals surface area contributed by atoms with Gasteiger partial charge in [0.15, 0.2) is 0 Å². The standard InChI is InChI=1S/C27H36NO3/c1-3-4-11-18-28(2)23-16-17-24(28)20-25(19-23)31-26(29)27(30,21-12-7-5-8-13-21)22-14-9-6-10-15-22/h5-10,12-15,23-25,30H,3-4,11,16-20H2,1-2H3/q+1. The van der Waals surface area contributed by atoms with E-state index in [0.717, 1.165) is 17.3 Å². The van der Waals surface area contributed by atoms with E-state index in [4.69, 9.17) is 4.74 Å². The molecule has 2 aromatic carbocycles. The lowest BCUT2D eigenvalue weighted by Gasteiger charge is -2.47. The number of hydrogen-bond donors (Lipinski definition) is 1. The number of esters is 1. The van der Waals surface area contributed by atoms with E-state index in [1.54, 1.807) is 24.3 Å². The van der Waals surface area contributed by atoms with Crippen LogP contribution in [-0.4, -0.2) is 47.3 Å². The summed E-state index contributed by atoms with van der Waals surface area (Å²) in [5, 5.41) is 11.7. The molecule has 4 nitrogen and oxygen atoms in total. The van der Waals surface area contributed by atoms with Gasteiger partial charge in [0.2, 0.25) is 5.60 Å². The number of hydrogen-bond acceptors (Lipinski definition) is 3. The molecule has 0 aliphatic carbocycles. The quantitative estimate of drug-likeness (QED) is 0.378. The van der Waals surface area contributed by atoms with Gasteiger partial charge in [-0.15, -0.1) is 0 Å². The van der Waals surface area contributed by atoms with Crippen LogP contribution < -0.4 is 0 Å². The van der Waals surface area contributed by atoms with Crippen LogP contribution in [0.4, 0.5) is 0 Å².